The molecule has 21 heavy (non-hydrogen) atoms. The van der Waals surface area contributed by atoms with Crippen LogP contribution in [0.25, 0.3) is 0 Å². The fraction of sp³-hybridized carbons (Fsp3) is 0.588. The number of nitrogens with zero attached hydrogens (tertiary/aromatic N) is 1. The topological polar surface area (TPSA) is 41.6 Å². The molecule has 1 aromatic rings. The van der Waals surface area contributed by atoms with Crippen LogP contribution in [0.5, 0.6) is 5.75 Å². The monoisotopic (exact) mass is 292 g/mol. The van der Waals surface area contributed by atoms with Crippen molar-refractivity contribution >= 4 is 5.91 Å². The molecule has 0 spiro atoms. The summed E-state index contributed by atoms with van der Waals surface area (Å²) in [6.45, 7) is 5.57. The molecule has 1 rings (SSSR count). The van der Waals surface area contributed by atoms with Crippen LogP contribution in [0, 0.1) is 0 Å². The van der Waals surface area contributed by atoms with E-state index in [1.165, 1.54) is 16.9 Å². The van der Waals surface area contributed by atoms with E-state index in [0.29, 0.717) is 6.04 Å². The predicted molar refractivity (Wildman–Crippen MR) is 86.7 cm³/mol. The summed E-state index contributed by atoms with van der Waals surface area (Å²) in [7, 11) is 3.45. The zero-order chi connectivity index (χ0) is 15.7. The number of benzene rings is 1. The molecule has 4 heteroatoms. The number of ether oxygens (including phenoxy) is 1. The van der Waals surface area contributed by atoms with E-state index in [0.717, 1.165) is 25.1 Å². The van der Waals surface area contributed by atoms with Gasteiger partial charge in [-0.2, -0.15) is 0 Å². The molecule has 0 aliphatic carbocycles. The van der Waals surface area contributed by atoms with Crippen molar-refractivity contribution in [2.45, 2.75) is 39.2 Å². The van der Waals surface area contributed by atoms with Crippen molar-refractivity contribution in [1.82, 2.24) is 10.2 Å². The zero-order valence-corrected chi connectivity index (χ0v) is 13.7. The molecule has 0 saturated carbocycles. The quantitative estimate of drug-likeness (QED) is 0.760. The summed E-state index contributed by atoms with van der Waals surface area (Å²) < 4.78 is 5.46. The Labute approximate surface area is 128 Å². The fourth-order valence-electron chi connectivity index (χ4n) is 1.90. The second-order valence-electron chi connectivity index (χ2n) is 5.61. The summed E-state index contributed by atoms with van der Waals surface area (Å²) >= 11 is 0. The molecule has 0 bridgehead atoms. The van der Waals surface area contributed by atoms with Crippen molar-refractivity contribution in [3.8, 4) is 5.75 Å². The Morgan fingerprint density at radius 1 is 1.29 bits per heavy atom. The summed E-state index contributed by atoms with van der Waals surface area (Å²) in [6.07, 6.45) is 3.34. The van der Waals surface area contributed by atoms with Gasteiger partial charge in [0, 0.05) is 20.1 Å². The van der Waals surface area contributed by atoms with Gasteiger partial charge in [0.15, 0.2) is 6.61 Å². The number of likely N-dealkylation sites (N-methyl/N-ethyl adjacent to an activating group) is 1. The molecule has 1 unspecified atom stereocenters. The van der Waals surface area contributed by atoms with Gasteiger partial charge in [0.05, 0.1) is 0 Å². The van der Waals surface area contributed by atoms with E-state index >= 15 is 0 Å². The summed E-state index contributed by atoms with van der Waals surface area (Å²) in [6, 6.07) is 8.55. The Kier molecular flexibility index (Phi) is 7.83. The third-order valence-corrected chi connectivity index (χ3v) is 3.39. The molecule has 0 fully saturated rings. The Balaban J connectivity index is 2.35. The molecular weight excluding hydrogens is 264 g/mol. The van der Waals surface area contributed by atoms with Crippen LogP contribution in [-0.2, 0) is 11.2 Å². The van der Waals surface area contributed by atoms with Crippen LogP contribution in [0.4, 0.5) is 0 Å². The highest BCUT2D eigenvalue weighted by atomic mass is 16.5. The SMILES string of the molecule is CCCNC(C)CCc1ccc(OCC(=O)N(C)C)cc1. The maximum atomic E-state index is 11.4. The van der Waals surface area contributed by atoms with Gasteiger partial charge in [-0.25, -0.2) is 0 Å². The average Bonchev–Trinajstić information content (AvgIpc) is 2.49. The molecule has 1 amide bonds. The number of hydrogen-bond donors (Lipinski definition) is 1. The first-order valence-corrected chi connectivity index (χ1v) is 7.68. The third kappa shape index (κ3) is 7.14. The lowest BCUT2D eigenvalue weighted by Crippen LogP contribution is -2.27. The van der Waals surface area contributed by atoms with Crippen molar-refractivity contribution in [2.24, 2.45) is 0 Å². The van der Waals surface area contributed by atoms with Gasteiger partial charge in [0.2, 0.25) is 0 Å². The standard InChI is InChI=1S/C17H28N2O2/c1-5-12-18-14(2)6-7-15-8-10-16(11-9-15)21-13-17(20)19(3)4/h8-11,14,18H,5-7,12-13H2,1-4H3. The number of aryl methyl sites for hydroxylation is 1. The van der Waals surface area contributed by atoms with Crippen LogP contribution in [0.1, 0.15) is 32.3 Å². The highest BCUT2D eigenvalue weighted by molar-refractivity contribution is 5.77. The first-order valence-electron chi connectivity index (χ1n) is 7.68. The molecular formula is C17H28N2O2. The number of nitrogens with one attached hydrogen (secondary N) is 1. The highest BCUT2D eigenvalue weighted by Crippen LogP contribution is 2.14. The second-order valence-corrected chi connectivity index (χ2v) is 5.61. The van der Waals surface area contributed by atoms with Crippen molar-refractivity contribution in [3.05, 3.63) is 29.8 Å². The van der Waals surface area contributed by atoms with Crippen molar-refractivity contribution in [1.29, 1.82) is 0 Å². The van der Waals surface area contributed by atoms with E-state index in [4.69, 9.17) is 4.74 Å². The van der Waals surface area contributed by atoms with E-state index in [2.05, 4.69) is 31.3 Å². The van der Waals surface area contributed by atoms with Crippen molar-refractivity contribution < 1.29 is 9.53 Å². The maximum Gasteiger partial charge on any atom is 0.259 e. The van der Waals surface area contributed by atoms with Gasteiger partial charge in [-0.3, -0.25) is 4.79 Å². The van der Waals surface area contributed by atoms with Crippen LogP contribution >= 0.6 is 0 Å². The average molecular weight is 292 g/mol. The highest BCUT2D eigenvalue weighted by Gasteiger charge is 2.05. The number of rotatable bonds is 9. The number of carbonyl (C=O) groups is 1. The van der Waals surface area contributed by atoms with E-state index in [-0.39, 0.29) is 12.5 Å². The molecule has 0 radical (unpaired) electrons. The van der Waals surface area contributed by atoms with E-state index in [1.54, 1.807) is 14.1 Å². The summed E-state index contributed by atoms with van der Waals surface area (Å²) in [4.78, 5) is 13.0. The number of hydrogen-bond acceptors (Lipinski definition) is 3. The first kappa shape index (κ1) is 17.5. The van der Waals surface area contributed by atoms with Crippen LogP contribution in [0.3, 0.4) is 0 Å². The molecule has 118 valence electrons. The minimum atomic E-state index is -0.0325. The van der Waals surface area contributed by atoms with Gasteiger partial charge in [-0.15, -0.1) is 0 Å². The van der Waals surface area contributed by atoms with Gasteiger partial charge in [-0.1, -0.05) is 19.1 Å². The molecule has 1 aromatic carbocycles. The fourth-order valence-corrected chi connectivity index (χ4v) is 1.90. The second kappa shape index (κ2) is 9.40. The van der Waals surface area contributed by atoms with Gasteiger partial charge in [-0.05, 0) is 50.4 Å². The molecule has 0 aliphatic rings. The lowest BCUT2D eigenvalue weighted by molar-refractivity contribution is -0.130. The molecule has 0 aromatic heterocycles. The molecule has 1 atom stereocenters. The van der Waals surface area contributed by atoms with E-state index < -0.39 is 0 Å². The third-order valence-electron chi connectivity index (χ3n) is 3.39. The van der Waals surface area contributed by atoms with Crippen LogP contribution in [0.2, 0.25) is 0 Å². The minimum Gasteiger partial charge on any atom is -0.484 e. The molecule has 0 heterocycles. The summed E-state index contributed by atoms with van der Waals surface area (Å²) in [5, 5.41) is 3.49. The maximum absolute atomic E-state index is 11.4. The molecule has 0 aliphatic heterocycles. The van der Waals surface area contributed by atoms with E-state index in [1.807, 2.05) is 12.1 Å². The van der Waals surface area contributed by atoms with Gasteiger partial charge in [0.1, 0.15) is 5.75 Å². The smallest absolute Gasteiger partial charge is 0.259 e. The van der Waals surface area contributed by atoms with Crippen LogP contribution in [0.15, 0.2) is 24.3 Å². The van der Waals surface area contributed by atoms with Gasteiger partial charge < -0.3 is 15.0 Å². The van der Waals surface area contributed by atoms with Crippen LogP contribution in [-0.4, -0.2) is 44.1 Å². The minimum absolute atomic E-state index is 0.0325. The first-order chi connectivity index (χ1) is 10.0. The Morgan fingerprint density at radius 3 is 2.52 bits per heavy atom. The molecule has 0 saturated heterocycles. The van der Waals surface area contributed by atoms with Crippen molar-refractivity contribution in [2.75, 3.05) is 27.2 Å². The summed E-state index contributed by atoms with van der Waals surface area (Å²) in [5.41, 5.74) is 1.30. The Morgan fingerprint density at radius 2 is 1.95 bits per heavy atom. The Hall–Kier alpha value is -1.55. The van der Waals surface area contributed by atoms with Gasteiger partial charge in [0.25, 0.3) is 5.91 Å². The lowest BCUT2D eigenvalue weighted by atomic mass is 10.1. The number of carbonyl (C=O) groups excluding carboxylic acids is 1. The molecule has 1 N–H and O–H groups in total. The van der Waals surface area contributed by atoms with E-state index in [9.17, 15) is 4.79 Å². The predicted octanol–water partition coefficient (Wildman–Crippen LogP) is 2.47. The normalized spacial score (nSPS) is 12.0. The van der Waals surface area contributed by atoms with Crippen molar-refractivity contribution in [3.63, 3.8) is 0 Å². The lowest BCUT2D eigenvalue weighted by Gasteiger charge is -2.13. The largest absolute Gasteiger partial charge is 0.484 e. The molecule has 4 nitrogen and oxygen atoms in total. The zero-order valence-electron chi connectivity index (χ0n) is 13.7. The van der Waals surface area contributed by atoms with Gasteiger partial charge >= 0.3 is 0 Å². The summed E-state index contributed by atoms with van der Waals surface area (Å²) in [5.74, 6) is 0.709. The number of amides is 1. The van der Waals surface area contributed by atoms with Crippen LogP contribution < -0.4 is 10.1 Å². The Bertz CT molecular complexity index is 415.